The molecular weight excluding hydrogens is 256 g/mol. The van der Waals surface area contributed by atoms with Gasteiger partial charge in [0.05, 0.1) is 13.2 Å². The third kappa shape index (κ3) is 6.54. The number of aliphatic hydroxyl groups is 1. The van der Waals surface area contributed by atoms with Crippen LogP contribution in [0.2, 0.25) is 0 Å². The number of urea groups is 1. The van der Waals surface area contributed by atoms with Crippen LogP contribution >= 0.6 is 0 Å². The van der Waals surface area contributed by atoms with Crippen LogP contribution in [0, 0.1) is 5.92 Å². The van der Waals surface area contributed by atoms with Crippen molar-refractivity contribution >= 4 is 6.03 Å². The predicted molar refractivity (Wildman–Crippen MR) is 78.3 cm³/mol. The number of amides is 2. The number of ether oxygens (including phenoxy) is 1. The molecule has 112 valence electrons. The van der Waals surface area contributed by atoms with Gasteiger partial charge in [0.2, 0.25) is 0 Å². The van der Waals surface area contributed by atoms with Gasteiger partial charge in [0, 0.05) is 19.7 Å². The monoisotopic (exact) mass is 280 g/mol. The smallest absolute Gasteiger partial charge is 0.315 e. The van der Waals surface area contributed by atoms with Gasteiger partial charge < -0.3 is 20.5 Å². The fraction of sp³-hybridized carbons (Fsp3) is 0.533. The normalized spacial score (nSPS) is 10.6. The second-order valence-corrected chi connectivity index (χ2v) is 5.01. The first-order chi connectivity index (χ1) is 9.63. The molecule has 2 amide bonds. The SMILES string of the molecule is CC(C)COCCNC(=O)NCc1ccccc1CO. The molecular formula is C15H24N2O3. The summed E-state index contributed by atoms with van der Waals surface area (Å²) in [4.78, 5) is 11.6. The summed E-state index contributed by atoms with van der Waals surface area (Å²) >= 11 is 0. The summed E-state index contributed by atoms with van der Waals surface area (Å²) < 4.78 is 5.37. The molecule has 0 aromatic heterocycles. The highest BCUT2D eigenvalue weighted by atomic mass is 16.5. The van der Waals surface area contributed by atoms with Crippen LogP contribution in [0.4, 0.5) is 4.79 Å². The van der Waals surface area contributed by atoms with Crippen molar-refractivity contribution in [2.24, 2.45) is 5.92 Å². The Morgan fingerprint density at radius 2 is 1.95 bits per heavy atom. The van der Waals surface area contributed by atoms with Crippen LogP contribution in [-0.2, 0) is 17.9 Å². The van der Waals surface area contributed by atoms with Gasteiger partial charge in [0.15, 0.2) is 0 Å². The molecule has 0 atom stereocenters. The highest BCUT2D eigenvalue weighted by Crippen LogP contribution is 2.07. The number of carbonyl (C=O) groups excluding carboxylic acids is 1. The second kappa shape index (κ2) is 9.34. The summed E-state index contributed by atoms with van der Waals surface area (Å²) in [7, 11) is 0. The van der Waals surface area contributed by atoms with E-state index in [1.807, 2.05) is 24.3 Å². The van der Waals surface area contributed by atoms with E-state index in [0.29, 0.717) is 32.2 Å². The Bertz CT molecular complexity index is 408. The van der Waals surface area contributed by atoms with Gasteiger partial charge in [-0.3, -0.25) is 0 Å². The average Bonchev–Trinajstić information content (AvgIpc) is 2.44. The summed E-state index contributed by atoms with van der Waals surface area (Å²) in [6, 6.07) is 7.24. The predicted octanol–water partition coefficient (Wildman–Crippen LogP) is 1.65. The van der Waals surface area contributed by atoms with Crippen molar-refractivity contribution in [2.45, 2.75) is 27.0 Å². The molecule has 0 radical (unpaired) electrons. The molecule has 0 bridgehead atoms. The molecule has 0 aliphatic rings. The summed E-state index contributed by atoms with van der Waals surface area (Å²) in [6.45, 7) is 6.24. The van der Waals surface area contributed by atoms with Crippen molar-refractivity contribution < 1.29 is 14.6 Å². The van der Waals surface area contributed by atoms with Crippen molar-refractivity contribution in [3.63, 3.8) is 0 Å². The zero-order chi connectivity index (χ0) is 14.8. The zero-order valence-electron chi connectivity index (χ0n) is 12.2. The summed E-state index contributed by atoms with van der Waals surface area (Å²) in [5.41, 5.74) is 1.74. The van der Waals surface area contributed by atoms with Gasteiger partial charge >= 0.3 is 6.03 Å². The van der Waals surface area contributed by atoms with E-state index in [2.05, 4.69) is 24.5 Å². The van der Waals surface area contributed by atoms with E-state index in [1.165, 1.54) is 0 Å². The standard InChI is InChI=1S/C15H24N2O3/c1-12(2)11-20-8-7-16-15(19)17-9-13-5-3-4-6-14(13)10-18/h3-6,12,18H,7-11H2,1-2H3,(H2,16,17,19). The van der Waals surface area contributed by atoms with E-state index >= 15 is 0 Å². The maximum Gasteiger partial charge on any atom is 0.315 e. The van der Waals surface area contributed by atoms with Gasteiger partial charge in [-0.2, -0.15) is 0 Å². The molecule has 0 aliphatic carbocycles. The van der Waals surface area contributed by atoms with Crippen molar-refractivity contribution in [1.29, 1.82) is 0 Å². The first-order valence-electron chi connectivity index (χ1n) is 6.90. The molecule has 5 heteroatoms. The van der Waals surface area contributed by atoms with Crippen LogP contribution in [0.25, 0.3) is 0 Å². The lowest BCUT2D eigenvalue weighted by atomic mass is 10.1. The Morgan fingerprint density at radius 3 is 2.60 bits per heavy atom. The van der Waals surface area contributed by atoms with E-state index in [9.17, 15) is 9.90 Å². The number of carbonyl (C=O) groups is 1. The first-order valence-corrected chi connectivity index (χ1v) is 6.90. The molecule has 1 aromatic rings. The van der Waals surface area contributed by atoms with E-state index in [0.717, 1.165) is 11.1 Å². The van der Waals surface area contributed by atoms with Crippen molar-refractivity contribution in [3.05, 3.63) is 35.4 Å². The minimum Gasteiger partial charge on any atom is -0.392 e. The van der Waals surface area contributed by atoms with Crippen molar-refractivity contribution in [1.82, 2.24) is 10.6 Å². The van der Waals surface area contributed by atoms with Gasteiger partial charge in [0.25, 0.3) is 0 Å². The molecule has 1 rings (SSSR count). The lowest BCUT2D eigenvalue weighted by molar-refractivity contribution is 0.112. The molecule has 0 saturated carbocycles. The zero-order valence-corrected chi connectivity index (χ0v) is 12.2. The van der Waals surface area contributed by atoms with Crippen LogP contribution in [0.1, 0.15) is 25.0 Å². The maximum absolute atomic E-state index is 11.6. The number of nitrogens with one attached hydrogen (secondary N) is 2. The van der Waals surface area contributed by atoms with Gasteiger partial charge in [-0.1, -0.05) is 38.1 Å². The first kappa shape index (κ1) is 16.5. The molecule has 0 heterocycles. The van der Waals surface area contributed by atoms with E-state index in [1.54, 1.807) is 0 Å². The summed E-state index contributed by atoms with van der Waals surface area (Å²) in [6.07, 6.45) is 0. The number of aliphatic hydroxyl groups excluding tert-OH is 1. The third-order valence-electron chi connectivity index (χ3n) is 2.71. The lowest BCUT2D eigenvalue weighted by Crippen LogP contribution is -2.37. The Hall–Kier alpha value is -1.59. The summed E-state index contributed by atoms with van der Waals surface area (Å²) in [5.74, 6) is 0.499. The topological polar surface area (TPSA) is 70.6 Å². The maximum atomic E-state index is 11.6. The third-order valence-corrected chi connectivity index (χ3v) is 2.71. The Kier molecular flexibility index (Phi) is 7.69. The fourth-order valence-corrected chi connectivity index (χ4v) is 1.68. The van der Waals surface area contributed by atoms with Crippen molar-refractivity contribution in [2.75, 3.05) is 19.8 Å². The molecule has 0 aliphatic heterocycles. The Labute approximate surface area is 120 Å². The van der Waals surface area contributed by atoms with Gasteiger partial charge in [-0.05, 0) is 17.0 Å². The molecule has 0 spiro atoms. The molecule has 1 aromatic carbocycles. The molecule has 0 fully saturated rings. The Morgan fingerprint density at radius 1 is 1.25 bits per heavy atom. The molecule has 5 nitrogen and oxygen atoms in total. The van der Waals surface area contributed by atoms with Crippen LogP contribution in [0.3, 0.4) is 0 Å². The lowest BCUT2D eigenvalue weighted by Gasteiger charge is -2.11. The van der Waals surface area contributed by atoms with Gasteiger partial charge in [0.1, 0.15) is 0 Å². The largest absolute Gasteiger partial charge is 0.392 e. The quantitative estimate of drug-likeness (QED) is 0.634. The summed E-state index contributed by atoms with van der Waals surface area (Å²) in [5, 5.41) is 14.7. The van der Waals surface area contributed by atoms with Crippen LogP contribution in [0.5, 0.6) is 0 Å². The number of rotatable bonds is 8. The minimum absolute atomic E-state index is 0.0253. The molecule has 0 saturated heterocycles. The number of hydrogen-bond acceptors (Lipinski definition) is 3. The second-order valence-electron chi connectivity index (χ2n) is 5.01. The molecule has 0 unspecified atom stereocenters. The van der Waals surface area contributed by atoms with E-state index < -0.39 is 0 Å². The highest BCUT2D eigenvalue weighted by Gasteiger charge is 2.03. The average molecular weight is 280 g/mol. The minimum atomic E-state index is -0.231. The highest BCUT2D eigenvalue weighted by molar-refractivity contribution is 5.73. The van der Waals surface area contributed by atoms with E-state index in [4.69, 9.17) is 4.74 Å². The van der Waals surface area contributed by atoms with E-state index in [-0.39, 0.29) is 12.6 Å². The van der Waals surface area contributed by atoms with Crippen LogP contribution < -0.4 is 10.6 Å². The van der Waals surface area contributed by atoms with Crippen LogP contribution in [-0.4, -0.2) is 30.9 Å². The molecule has 20 heavy (non-hydrogen) atoms. The fourth-order valence-electron chi connectivity index (χ4n) is 1.68. The molecule has 3 N–H and O–H groups in total. The Balaban J connectivity index is 2.19. The van der Waals surface area contributed by atoms with Gasteiger partial charge in [-0.15, -0.1) is 0 Å². The number of hydrogen-bond donors (Lipinski definition) is 3. The van der Waals surface area contributed by atoms with Crippen LogP contribution in [0.15, 0.2) is 24.3 Å². The number of benzene rings is 1. The van der Waals surface area contributed by atoms with Gasteiger partial charge in [-0.25, -0.2) is 4.79 Å². The van der Waals surface area contributed by atoms with Crippen molar-refractivity contribution in [3.8, 4) is 0 Å².